The summed E-state index contributed by atoms with van der Waals surface area (Å²) in [5.41, 5.74) is 1.33. The summed E-state index contributed by atoms with van der Waals surface area (Å²) in [6.07, 6.45) is 7.63. The highest BCUT2D eigenvalue weighted by molar-refractivity contribution is 5.76. The number of hydrogen-bond donors (Lipinski definition) is 0. The van der Waals surface area contributed by atoms with Gasteiger partial charge in [-0.3, -0.25) is 4.79 Å². The van der Waals surface area contributed by atoms with Gasteiger partial charge in [0.05, 0.1) is 6.10 Å². The van der Waals surface area contributed by atoms with Crippen LogP contribution in [0.1, 0.15) is 44.1 Å². The molecule has 0 aliphatic carbocycles. The summed E-state index contributed by atoms with van der Waals surface area (Å²) in [7, 11) is 1.82. The Balaban J connectivity index is 1.35. The Morgan fingerprint density at radius 3 is 2.36 bits per heavy atom. The third kappa shape index (κ3) is 5.29. The van der Waals surface area contributed by atoms with E-state index in [0.29, 0.717) is 24.5 Å². The third-order valence-electron chi connectivity index (χ3n) is 5.84. The summed E-state index contributed by atoms with van der Waals surface area (Å²) < 4.78 is 5.47. The Morgan fingerprint density at radius 2 is 1.72 bits per heavy atom. The summed E-state index contributed by atoms with van der Waals surface area (Å²) in [5, 5.41) is 0. The number of rotatable bonds is 6. The lowest BCUT2D eigenvalue weighted by Crippen LogP contribution is -2.49. The van der Waals surface area contributed by atoms with Crippen molar-refractivity contribution in [3.05, 3.63) is 35.9 Å². The number of carbonyl (C=O) groups is 1. The van der Waals surface area contributed by atoms with Crippen LogP contribution in [-0.4, -0.2) is 61.1 Å². The first-order valence-electron chi connectivity index (χ1n) is 9.85. The molecular weight excluding hydrogens is 312 g/mol. The van der Waals surface area contributed by atoms with E-state index in [0.717, 1.165) is 64.7 Å². The maximum Gasteiger partial charge on any atom is 0.222 e. The quantitative estimate of drug-likeness (QED) is 0.795. The van der Waals surface area contributed by atoms with Crippen molar-refractivity contribution in [1.82, 2.24) is 9.80 Å². The van der Waals surface area contributed by atoms with Gasteiger partial charge in [-0.2, -0.15) is 0 Å². The molecule has 0 unspecified atom stereocenters. The fraction of sp³-hybridized carbons (Fsp3) is 0.667. The molecule has 4 heteroatoms. The van der Waals surface area contributed by atoms with Crippen LogP contribution in [0.5, 0.6) is 0 Å². The van der Waals surface area contributed by atoms with Crippen LogP contribution in [0.3, 0.4) is 0 Å². The molecular formula is C21H32N2O2. The number of amides is 1. The van der Waals surface area contributed by atoms with E-state index in [1.165, 1.54) is 5.56 Å². The van der Waals surface area contributed by atoms with Crippen molar-refractivity contribution >= 4 is 5.91 Å². The highest BCUT2D eigenvalue weighted by Gasteiger charge is 2.29. The zero-order valence-corrected chi connectivity index (χ0v) is 15.5. The van der Waals surface area contributed by atoms with E-state index < -0.39 is 0 Å². The van der Waals surface area contributed by atoms with E-state index in [4.69, 9.17) is 4.74 Å². The Kier molecular flexibility index (Phi) is 6.88. The monoisotopic (exact) mass is 344 g/mol. The van der Waals surface area contributed by atoms with Gasteiger partial charge in [0.2, 0.25) is 5.91 Å². The Morgan fingerprint density at radius 1 is 1.04 bits per heavy atom. The first kappa shape index (κ1) is 18.4. The number of methoxy groups -OCH3 is 1. The molecule has 0 radical (unpaired) electrons. The maximum atomic E-state index is 12.4. The van der Waals surface area contributed by atoms with E-state index in [9.17, 15) is 4.79 Å². The predicted molar refractivity (Wildman–Crippen MR) is 101 cm³/mol. The molecule has 0 bridgehead atoms. The number of benzene rings is 1. The zero-order chi connectivity index (χ0) is 17.5. The van der Waals surface area contributed by atoms with Crippen molar-refractivity contribution in [1.29, 1.82) is 0 Å². The standard InChI is InChI=1S/C21H32N2O2/c1-25-20-12-16-22(17-13-20)19-10-14-23(15-11-19)21(24)9-5-8-18-6-3-2-4-7-18/h2-4,6-7,19-20H,5,8-17H2,1H3. The number of likely N-dealkylation sites (tertiary alicyclic amines) is 2. The minimum Gasteiger partial charge on any atom is -0.381 e. The second kappa shape index (κ2) is 9.35. The molecule has 25 heavy (non-hydrogen) atoms. The van der Waals surface area contributed by atoms with Crippen LogP contribution in [0, 0.1) is 0 Å². The van der Waals surface area contributed by atoms with Crippen LogP contribution in [0.4, 0.5) is 0 Å². The third-order valence-corrected chi connectivity index (χ3v) is 5.84. The highest BCUT2D eigenvalue weighted by atomic mass is 16.5. The normalized spacial score (nSPS) is 20.8. The average molecular weight is 344 g/mol. The molecule has 0 atom stereocenters. The SMILES string of the molecule is COC1CCN(C2CCN(C(=O)CCCc3ccccc3)CC2)CC1. The van der Waals surface area contributed by atoms with Gasteiger partial charge in [-0.1, -0.05) is 30.3 Å². The van der Waals surface area contributed by atoms with Gasteiger partial charge < -0.3 is 14.5 Å². The Labute approximate surface area is 152 Å². The molecule has 0 aromatic heterocycles. The van der Waals surface area contributed by atoms with Gasteiger partial charge in [0.15, 0.2) is 0 Å². The van der Waals surface area contributed by atoms with E-state index >= 15 is 0 Å². The highest BCUT2D eigenvalue weighted by Crippen LogP contribution is 2.22. The van der Waals surface area contributed by atoms with Gasteiger partial charge in [-0.15, -0.1) is 0 Å². The van der Waals surface area contributed by atoms with E-state index in [2.05, 4.69) is 34.1 Å². The fourth-order valence-corrected chi connectivity index (χ4v) is 4.20. The lowest BCUT2D eigenvalue weighted by atomic mass is 9.98. The van der Waals surface area contributed by atoms with Gasteiger partial charge in [0.1, 0.15) is 0 Å². The second-order valence-corrected chi connectivity index (χ2v) is 7.42. The molecule has 0 saturated carbocycles. The summed E-state index contributed by atoms with van der Waals surface area (Å²) in [4.78, 5) is 17.2. The molecule has 1 aromatic rings. The van der Waals surface area contributed by atoms with Crippen LogP contribution < -0.4 is 0 Å². The molecule has 2 fully saturated rings. The molecule has 2 aliphatic rings. The number of hydrogen-bond acceptors (Lipinski definition) is 3. The van der Waals surface area contributed by atoms with Crippen molar-refractivity contribution in [2.24, 2.45) is 0 Å². The molecule has 1 aromatic carbocycles. The molecule has 2 aliphatic heterocycles. The minimum absolute atomic E-state index is 0.340. The molecule has 138 valence electrons. The Bertz CT molecular complexity index is 518. The summed E-state index contributed by atoms with van der Waals surface area (Å²) in [6, 6.07) is 11.1. The maximum absolute atomic E-state index is 12.4. The van der Waals surface area contributed by atoms with Crippen LogP contribution in [-0.2, 0) is 16.0 Å². The molecule has 0 spiro atoms. The molecule has 1 amide bonds. The van der Waals surface area contributed by atoms with Crippen molar-refractivity contribution < 1.29 is 9.53 Å². The largest absolute Gasteiger partial charge is 0.381 e. The molecule has 2 heterocycles. The topological polar surface area (TPSA) is 32.8 Å². The zero-order valence-electron chi connectivity index (χ0n) is 15.5. The first-order chi connectivity index (χ1) is 12.3. The smallest absolute Gasteiger partial charge is 0.222 e. The average Bonchev–Trinajstić information content (AvgIpc) is 2.69. The number of piperidine rings is 2. The van der Waals surface area contributed by atoms with Gasteiger partial charge in [-0.25, -0.2) is 0 Å². The van der Waals surface area contributed by atoms with E-state index in [1.807, 2.05) is 13.2 Å². The van der Waals surface area contributed by atoms with Gasteiger partial charge in [-0.05, 0) is 44.1 Å². The number of nitrogens with zero attached hydrogens (tertiary/aromatic N) is 2. The Hall–Kier alpha value is -1.39. The summed E-state index contributed by atoms with van der Waals surface area (Å²) in [6.45, 7) is 4.15. The van der Waals surface area contributed by atoms with Crippen LogP contribution in [0.2, 0.25) is 0 Å². The van der Waals surface area contributed by atoms with E-state index in [-0.39, 0.29) is 0 Å². The van der Waals surface area contributed by atoms with Crippen LogP contribution >= 0.6 is 0 Å². The summed E-state index contributed by atoms with van der Waals surface area (Å²) in [5.74, 6) is 0.340. The van der Waals surface area contributed by atoms with Gasteiger partial charge in [0, 0.05) is 45.8 Å². The van der Waals surface area contributed by atoms with Crippen molar-refractivity contribution in [3.8, 4) is 0 Å². The van der Waals surface area contributed by atoms with Gasteiger partial charge in [0.25, 0.3) is 0 Å². The number of carbonyl (C=O) groups excluding carboxylic acids is 1. The second-order valence-electron chi connectivity index (χ2n) is 7.42. The van der Waals surface area contributed by atoms with E-state index in [1.54, 1.807) is 0 Å². The van der Waals surface area contributed by atoms with Crippen molar-refractivity contribution in [2.45, 2.75) is 57.1 Å². The molecule has 2 saturated heterocycles. The predicted octanol–water partition coefficient (Wildman–Crippen LogP) is 3.11. The lowest BCUT2D eigenvalue weighted by molar-refractivity contribution is -0.133. The molecule has 4 nitrogen and oxygen atoms in total. The van der Waals surface area contributed by atoms with Crippen LogP contribution in [0.15, 0.2) is 30.3 Å². The lowest BCUT2D eigenvalue weighted by Gasteiger charge is -2.41. The van der Waals surface area contributed by atoms with Crippen LogP contribution in [0.25, 0.3) is 0 Å². The van der Waals surface area contributed by atoms with Gasteiger partial charge >= 0.3 is 0 Å². The number of ether oxygens (including phenoxy) is 1. The fourth-order valence-electron chi connectivity index (χ4n) is 4.20. The molecule has 3 rings (SSSR count). The van der Waals surface area contributed by atoms with Crippen molar-refractivity contribution in [3.63, 3.8) is 0 Å². The first-order valence-corrected chi connectivity index (χ1v) is 9.85. The minimum atomic E-state index is 0.340. The number of aryl methyl sites for hydroxylation is 1. The van der Waals surface area contributed by atoms with Crippen molar-refractivity contribution in [2.75, 3.05) is 33.3 Å². The summed E-state index contributed by atoms with van der Waals surface area (Å²) >= 11 is 0. The molecule has 0 N–H and O–H groups in total.